The maximum atomic E-state index is 13.3. The summed E-state index contributed by atoms with van der Waals surface area (Å²) < 4.78 is 12.4. The molecule has 1 amide bonds. The Morgan fingerprint density at radius 2 is 2.08 bits per heavy atom. The van der Waals surface area contributed by atoms with E-state index in [9.17, 15) is 19.5 Å². The summed E-state index contributed by atoms with van der Waals surface area (Å²) in [5.41, 5.74) is 1.16. The van der Waals surface area contributed by atoms with Gasteiger partial charge in [-0.2, -0.15) is 0 Å². The number of aliphatic hydroxyl groups is 1. The van der Waals surface area contributed by atoms with E-state index in [4.69, 9.17) is 14.5 Å². The van der Waals surface area contributed by atoms with Crippen molar-refractivity contribution in [3.63, 3.8) is 0 Å². The van der Waals surface area contributed by atoms with E-state index >= 15 is 0 Å². The Labute approximate surface area is 207 Å². The number of hydrogen-bond acceptors (Lipinski definition) is 8. The van der Waals surface area contributed by atoms with E-state index in [1.54, 1.807) is 29.7 Å². The highest BCUT2D eigenvalue weighted by molar-refractivity contribution is 5.87. The van der Waals surface area contributed by atoms with E-state index in [1.165, 1.54) is 0 Å². The number of likely N-dealkylation sites (N-methyl/N-ethyl adjacent to an activating group) is 1. The quantitative estimate of drug-likeness (QED) is 0.368. The van der Waals surface area contributed by atoms with E-state index in [2.05, 4.69) is 5.32 Å². The molecule has 0 saturated heterocycles. The van der Waals surface area contributed by atoms with Crippen LogP contribution in [0.4, 0.5) is 0 Å². The fourth-order valence-corrected chi connectivity index (χ4v) is 4.67. The third kappa shape index (κ3) is 4.02. The average molecular weight is 493 g/mol. The molecule has 3 aromatic rings. The second-order valence-corrected chi connectivity index (χ2v) is 9.40. The molecule has 0 unspecified atom stereocenters. The number of fused-ring (bicyclic) bond motifs is 5. The van der Waals surface area contributed by atoms with E-state index in [0.717, 1.165) is 17.5 Å². The molecule has 5 rings (SSSR count). The van der Waals surface area contributed by atoms with Crippen LogP contribution in [0.5, 0.6) is 5.75 Å². The summed E-state index contributed by atoms with van der Waals surface area (Å²) in [4.78, 5) is 44.4. The molecule has 2 aliphatic heterocycles. The van der Waals surface area contributed by atoms with Crippen LogP contribution in [0, 0.1) is 0 Å². The molecule has 1 atom stereocenters. The lowest BCUT2D eigenvalue weighted by Crippen LogP contribution is -2.44. The van der Waals surface area contributed by atoms with Gasteiger partial charge in [0.1, 0.15) is 12.4 Å². The minimum absolute atomic E-state index is 0.0924. The molecule has 0 radical (unpaired) electrons. The first-order valence-corrected chi connectivity index (χ1v) is 11.9. The summed E-state index contributed by atoms with van der Waals surface area (Å²) in [6.07, 6.45) is 0.0934. The molecule has 0 saturated carbocycles. The molecular formula is C26H28N4O6. The molecule has 2 aromatic heterocycles. The molecule has 10 heteroatoms. The SMILES string of the molecule is CC[C@@]1(O)C(=O)OCc2c1cc1n(c2=O)Cc2cc3cc(OCC(=O)NCCN(C)C)ccc3nc2-1. The van der Waals surface area contributed by atoms with Crippen LogP contribution in [0.3, 0.4) is 0 Å². The smallest absolute Gasteiger partial charge is 0.343 e. The zero-order valence-electron chi connectivity index (χ0n) is 20.5. The Morgan fingerprint density at radius 3 is 2.83 bits per heavy atom. The average Bonchev–Trinajstić information content (AvgIpc) is 3.21. The summed E-state index contributed by atoms with van der Waals surface area (Å²) in [6, 6.07) is 9.00. The standard InChI is InChI=1S/C26H28N4O6/c1-4-26(34)19-11-21-23-16(12-30(21)24(32)18(19)13-36-25(26)33)9-15-10-17(5-6-20(15)28-23)35-14-22(31)27-7-8-29(2)3/h5-6,9-11,34H,4,7-8,12-14H2,1-3H3,(H,27,31)/t26-/m0/s1. The van der Waals surface area contributed by atoms with Crippen LogP contribution in [0.15, 0.2) is 35.1 Å². The zero-order valence-corrected chi connectivity index (χ0v) is 20.5. The number of carbonyl (C=O) groups excluding carboxylic acids is 2. The predicted octanol–water partition coefficient (Wildman–Crippen LogP) is 1.14. The highest BCUT2D eigenvalue weighted by Gasteiger charge is 2.45. The van der Waals surface area contributed by atoms with Crippen molar-refractivity contribution in [3.8, 4) is 17.1 Å². The van der Waals surface area contributed by atoms with Gasteiger partial charge in [-0.15, -0.1) is 0 Å². The molecule has 2 aliphatic rings. The summed E-state index contributed by atoms with van der Waals surface area (Å²) >= 11 is 0. The van der Waals surface area contributed by atoms with Gasteiger partial charge in [0, 0.05) is 29.6 Å². The Bertz CT molecular complexity index is 1450. The second-order valence-electron chi connectivity index (χ2n) is 9.40. The van der Waals surface area contributed by atoms with Crippen molar-refractivity contribution in [1.29, 1.82) is 0 Å². The monoisotopic (exact) mass is 492 g/mol. The Kier molecular flexibility index (Phi) is 6.01. The molecule has 0 spiro atoms. The van der Waals surface area contributed by atoms with Crippen molar-refractivity contribution in [2.24, 2.45) is 0 Å². The van der Waals surface area contributed by atoms with Crippen LogP contribution in [-0.2, 0) is 33.1 Å². The lowest BCUT2D eigenvalue weighted by molar-refractivity contribution is -0.172. The van der Waals surface area contributed by atoms with Gasteiger partial charge in [0.05, 0.1) is 29.0 Å². The third-order valence-electron chi connectivity index (χ3n) is 6.73. The number of rotatable bonds is 7. The number of amides is 1. The fourth-order valence-electron chi connectivity index (χ4n) is 4.67. The van der Waals surface area contributed by atoms with Crippen molar-refractivity contribution in [1.82, 2.24) is 19.8 Å². The van der Waals surface area contributed by atoms with Gasteiger partial charge in [0.15, 0.2) is 12.2 Å². The zero-order chi connectivity index (χ0) is 25.6. The number of nitrogens with zero attached hydrogens (tertiary/aromatic N) is 3. The topological polar surface area (TPSA) is 123 Å². The number of benzene rings is 1. The number of esters is 1. The molecule has 2 N–H and O–H groups in total. The van der Waals surface area contributed by atoms with E-state index in [-0.39, 0.29) is 31.1 Å². The third-order valence-corrected chi connectivity index (χ3v) is 6.73. The molecule has 10 nitrogen and oxygen atoms in total. The summed E-state index contributed by atoms with van der Waals surface area (Å²) in [6.45, 7) is 3.03. The summed E-state index contributed by atoms with van der Waals surface area (Å²) in [7, 11) is 3.87. The molecule has 0 aliphatic carbocycles. The molecule has 0 fully saturated rings. The molecular weight excluding hydrogens is 464 g/mol. The van der Waals surface area contributed by atoms with Gasteiger partial charge in [-0.3, -0.25) is 9.59 Å². The van der Waals surface area contributed by atoms with Crippen LogP contribution >= 0.6 is 0 Å². The van der Waals surface area contributed by atoms with Crippen molar-refractivity contribution in [2.45, 2.75) is 32.1 Å². The molecule has 1 aromatic carbocycles. The Balaban J connectivity index is 1.43. The van der Waals surface area contributed by atoms with Crippen molar-refractivity contribution >= 4 is 22.8 Å². The van der Waals surface area contributed by atoms with E-state index in [1.807, 2.05) is 31.1 Å². The van der Waals surface area contributed by atoms with Gasteiger partial charge in [-0.25, -0.2) is 9.78 Å². The number of hydrogen-bond donors (Lipinski definition) is 2. The van der Waals surface area contributed by atoms with Gasteiger partial charge in [-0.1, -0.05) is 6.92 Å². The second kappa shape index (κ2) is 9.03. The minimum Gasteiger partial charge on any atom is -0.484 e. The number of cyclic esters (lactones) is 1. The lowest BCUT2D eigenvalue weighted by atomic mass is 9.86. The van der Waals surface area contributed by atoms with Gasteiger partial charge >= 0.3 is 5.97 Å². The van der Waals surface area contributed by atoms with Crippen molar-refractivity contribution in [3.05, 3.63) is 57.4 Å². The maximum absolute atomic E-state index is 13.3. The van der Waals surface area contributed by atoms with Crippen LogP contribution in [0.25, 0.3) is 22.3 Å². The molecule has 36 heavy (non-hydrogen) atoms. The van der Waals surface area contributed by atoms with Crippen molar-refractivity contribution in [2.75, 3.05) is 33.8 Å². The van der Waals surface area contributed by atoms with E-state index < -0.39 is 11.6 Å². The number of pyridine rings is 2. The molecule has 188 valence electrons. The number of aromatic nitrogens is 2. The first-order valence-electron chi connectivity index (χ1n) is 11.9. The number of carbonyl (C=O) groups is 2. The summed E-state index contributed by atoms with van der Waals surface area (Å²) in [5, 5.41) is 14.6. The Hall–Kier alpha value is -3.76. The highest BCUT2D eigenvalue weighted by atomic mass is 16.6. The normalized spacial score (nSPS) is 18.0. The number of nitrogens with one attached hydrogen (secondary N) is 1. The van der Waals surface area contributed by atoms with Crippen LogP contribution < -0.4 is 15.6 Å². The van der Waals surface area contributed by atoms with Crippen LogP contribution in [0.2, 0.25) is 0 Å². The van der Waals surface area contributed by atoms with Crippen molar-refractivity contribution < 1.29 is 24.2 Å². The Morgan fingerprint density at radius 1 is 1.28 bits per heavy atom. The summed E-state index contributed by atoms with van der Waals surface area (Å²) in [5.74, 6) is -0.401. The maximum Gasteiger partial charge on any atom is 0.343 e. The van der Waals surface area contributed by atoms with Gasteiger partial charge in [-0.05, 0) is 50.8 Å². The largest absolute Gasteiger partial charge is 0.484 e. The van der Waals surface area contributed by atoms with Gasteiger partial charge < -0.3 is 29.4 Å². The first kappa shape index (κ1) is 24.0. The lowest BCUT2D eigenvalue weighted by Gasteiger charge is -2.31. The van der Waals surface area contributed by atoms with Gasteiger partial charge in [0.2, 0.25) is 0 Å². The van der Waals surface area contributed by atoms with E-state index in [0.29, 0.717) is 46.9 Å². The van der Waals surface area contributed by atoms with Crippen LogP contribution in [0.1, 0.15) is 30.0 Å². The fraction of sp³-hybridized carbons (Fsp3) is 0.385. The minimum atomic E-state index is -1.85. The van der Waals surface area contributed by atoms with Crippen LogP contribution in [-0.4, -0.2) is 65.2 Å². The highest BCUT2D eigenvalue weighted by Crippen LogP contribution is 2.38. The number of ether oxygens (including phenoxy) is 2. The first-order chi connectivity index (χ1) is 17.2. The van der Waals surface area contributed by atoms with Gasteiger partial charge in [0.25, 0.3) is 11.5 Å². The predicted molar refractivity (Wildman–Crippen MR) is 132 cm³/mol. The molecule has 0 bridgehead atoms. The molecule has 4 heterocycles.